The lowest BCUT2D eigenvalue weighted by atomic mass is 10.2. The van der Waals surface area contributed by atoms with Crippen LogP contribution in [0, 0.1) is 6.92 Å². The average molecular weight is 333 g/mol. The van der Waals surface area contributed by atoms with Crippen LogP contribution in [0.5, 0.6) is 5.75 Å². The molecule has 0 aliphatic rings. The van der Waals surface area contributed by atoms with Crippen molar-refractivity contribution >= 4 is 15.7 Å². The van der Waals surface area contributed by atoms with E-state index in [0.29, 0.717) is 11.4 Å². The molecule has 0 saturated heterocycles. The molecule has 2 aromatic rings. The number of hydrogen-bond acceptors (Lipinski definition) is 4. The third kappa shape index (κ3) is 3.91. The fraction of sp³-hybridized carbons (Fsp3) is 0.176. The molecule has 0 saturated carbocycles. The molecule has 0 fully saturated rings. The van der Waals surface area contributed by atoms with Gasteiger partial charge in [-0.05, 0) is 49.4 Å². The zero-order chi connectivity index (χ0) is 16.9. The molecule has 0 aliphatic heterocycles. The number of aryl methyl sites for hydroxylation is 1. The van der Waals surface area contributed by atoms with Crippen LogP contribution in [0.2, 0.25) is 0 Å². The minimum absolute atomic E-state index is 0.182. The Morgan fingerprint density at radius 1 is 1.09 bits per heavy atom. The lowest BCUT2D eigenvalue weighted by Crippen LogP contribution is -2.25. The molecule has 122 valence electrons. The van der Waals surface area contributed by atoms with E-state index in [-0.39, 0.29) is 11.5 Å². The fourth-order valence-electron chi connectivity index (χ4n) is 2.00. The maximum atomic E-state index is 12.9. The maximum absolute atomic E-state index is 12.9. The minimum atomic E-state index is -3.77. The molecule has 5 nitrogen and oxygen atoms in total. The van der Waals surface area contributed by atoms with Gasteiger partial charge in [0.15, 0.2) is 0 Å². The number of methoxy groups -OCH3 is 1. The van der Waals surface area contributed by atoms with Crippen LogP contribution in [0.1, 0.15) is 5.56 Å². The summed E-state index contributed by atoms with van der Waals surface area (Å²) in [5.74, 6) is 0.632. The molecule has 0 amide bonds. The lowest BCUT2D eigenvalue weighted by Gasteiger charge is -2.21. The summed E-state index contributed by atoms with van der Waals surface area (Å²) >= 11 is 0. The van der Waals surface area contributed by atoms with Crippen LogP contribution in [0.4, 0.5) is 5.69 Å². The number of aliphatic hydroxyl groups excluding tert-OH is 1. The summed E-state index contributed by atoms with van der Waals surface area (Å²) in [6.45, 7) is 1.64. The van der Waals surface area contributed by atoms with Crippen LogP contribution in [-0.4, -0.2) is 27.2 Å². The summed E-state index contributed by atoms with van der Waals surface area (Å²) < 4.78 is 32.0. The van der Waals surface area contributed by atoms with Gasteiger partial charge in [0.1, 0.15) is 5.75 Å². The van der Waals surface area contributed by atoms with E-state index in [1.54, 1.807) is 55.6 Å². The van der Waals surface area contributed by atoms with Crippen LogP contribution in [-0.2, 0) is 10.0 Å². The first-order chi connectivity index (χ1) is 11.0. The second kappa shape index (κ2) is 7.30. The van der Waals surface area contributed by atoms with Crippen molar-refractivity contribution in [3.8, 4) is 5.75 Å². The van der Waals surface area contributed by atoms with Gasteiger partial charge < -0.3 is 9.84 Å². The summed E-state index contributed by atoms with van der Waals surface area (Å²) in [6.07, 6.45) is 2.72. The molecular weight excluding hydrogens is 314 g/mol. The number of hydrogen-bond donors (Lipinski definition) is 1. The number of rotatable bonds is 6. The normalized spacial score (nSPS) is 11.6. The molecule has 0 aliphatic carbocycles. The zero-order valence-corrected chi connectivity index (χ0v) is 13.8. The van der Waals surface area contributed by atoms with Crippen molar-refractivity contribution in [3.05, 3.63) is 66.4 Å². The Kier molecular flexibility index (Phi) is 5.41. The van der Waals surface area contributed by atoms with Gasteiger partial charge >= 0.3 is 0 Å². The largest absolute Gasteiger partial charge is 0.497 e. The fourth-order valence-corrected chi connectivity index (χ4v) is 3.35. The van der Waals surface area contributed by atoms with Gasteiger partial charge in [0.25, 0.3) is 10.0 Å². The van der Waals surface area contributed by atoms with Crippen LogP contribution in [0.15, 0.2) is 65.7 Å². The van der Waals surface area contributed by atoms with E-state index in [9.17, 15) is 8.42 Å². The highest BCUT2D eigenvalue weighted by Gasteiger charge is 2.23. The van der Waals surface area contributed by atoms with Gasteiger partial charge in [0.2, 0.25) is 0 Å². The molecule has 0 spiro atoms. The van der Waals surface area contributed by atoms with Crippen molar-refractivity contribution in [2.45, 2.75) is 11.8 Å². The third-order valence-corrected chi connectivity index (χ3v) is 4.97. The Morgan fingerprint density at radius 3 is 2.22 bits per heavy atom. The van der Waals surface area contributed by atoms with Crippen LogP contribution >= 0.6 is 0 Å². The molecule has 1 N–H and O–H groups in total. The predicted octanol–water partition coefficient (Wildman–Crippen LogP) is 2.70. The lowest BCUT2D eigenvalue weighted by molar-refractivity contribution is 0.342. The molecule has 23 heavy (non-hydrogen) atoms. The van der Waals surface area contributed by atoms with Gasteiger partial charge in [0.05, 0.1) is 24.3 Å². The van der Waals surface area contributed by atoms with Crippen molar-refractivity contribution in [3.63, 3.8) is 0 Å². The average Bonchev–Trinajstić information content (AvgIpc) is 2.56. The van der Waals surface area contributed by atoms with Gasteiger partial charge in [0, 0.05) is 6.20 Å². The predicted molar refractivity (Wildman–Crippen MR) is 90.1 cm³/mol. The third-order valence-electron chi connectivity index (χ3n) is 3.25. The van der Waals surface area contributed by atoms with Crippen LogP contribution < -0.4 is 9.04 Å². The molecular formula is C17H19NO4S. The quantitative estimate of drug-likeness (QED) is 0.882. The van der Waals surface area contributed by atoms with E-state index in [1.807, 2.05) is 6.92 Å². The summed E-state index contributed by atoms with van der Waals surface area (Å²) in [6, 6.07) is 13.3. The maximum Gasteiger partial charge on any atom is 0.268 e. The summed E-state index contributed by atoms with van der Waals surface area (Å²) in [5, 5.41) is 8.99. The van der Waals surface area contributed by atoms with E-state index < -0.39 is 10.0 Å². The SMILES string of the molecule is COc1ccc(N(/C=C/CO)S(=O)(=O)c2ccc(C)cc2)cc1. The van der Waals surface area contributed by atoms with Gasteiger partial charge in [-0.15, -0.1) is 0 Å². The summed E-state index contributed by atoms with van der Waals surface area (Å²) in [5.41, 5.74) is 1.43. The highest BCUT2D eigenvalue weighted by molar-refractivity contribution is 7.93. The van der Waals surface area contributed by atoms with Crippen LogP contribution in [0.25, 0.3) is 0 Å². The van der Waals surface area contributed by atoms with E-state index in [1.165, 1.54) is 12.3 Å². The second-order valence-corrected chi connectivity index (χ2v) is 6.69. The molecule has 0 bridgehead atoms. The Morgan fingerprint density at radius 2 is 1.70 bits per heavy atom. The molecule has 2 rings (SSSR count). The topological polar surface area (TPSA) is 66.8 Å². The van der Waals surface area contributed by atoms with Gasteiger partial charge in [-0.3, -0.25) is 0 Å². The van der Waals surface area contributed by atoms with E-state index in [0.717, 1.165) is 9.87 Å². The van der Waals surface area contributed by atoms with E-state index in [4.69, 9.17) is 9.84 Å². The summed E-state index contributed by atoms with van der Waals surface area (Å²) in [7, 11) is -2.22. The standard InChI is InChI=1S/C17H19NO4S/c1-14-4-10-17(11-5-14)23(20,21)18(12-3-13-19)15-6-8-16(22-2)9-7-15/h3-12,19H,13H2,1-2H3/b12-3+. The number of sulfonamides is 1. The van der Waals surface area contributed by atoms with Crippen LogP contribution in [0.3, 0.4) is 0 Å². The molecule has 2 aromatic carbocycles. The molecule has 0 aromatic heterocycles. The van der Waals surface area contributed by atoms with Gasteiger partial charge in [-0.25, -0.2) is 12.7 Å². The Balaban J connectivity index is 2.48. The second-order valence-electron chi connectivity index (χ2n) is 4.88. The number of anilines is 1. The van der Waals surface area contributed by atoms with Crippen molar-refractivity contribution in [2.75, 3.05) is 18.0 Å². The Hall–Kier alpha value is -2.31. The van der Waals surface area contributed by atoms with Crippen molar-refractivity contribution in [1.82, 2.24) is 0 Å². The molecule has 0 unspecified atom stereocenters. The zero-order valence-electron chi connectivity index (χ0n) is 13.0. The smallest absolute Gasteiger partial charge is 0.268 e. The molecule has 6 heteroatoms. The van der Waals surface area contributed by atoms with E-state index in [2.05, 4.69) is 0 Å². The summed E-state index contributed by atoms with van der Waals surface area (Å²) in [4.78, 5) is 0.182. The first kappa shape index (κ1) is 17.1. The first-order valence-electron chi connectivity index (χ1n) is 7.01. The molecule has 0 radical (unpaired) electrons. The van der Waals surface area contributed by atoms with E-state index >= 15 is 0 Å². The Labute approximate surface area is 136 Å². The minimum Gasteiger partial charge on any atom is -0.497 e. The van der Waals surface area contributed by atoms with Gasteiger partial charge in [-0.2, -0.15) is 0 Å². The number of benzene rings is 2. The van der Waals surface area contributed by atoms with Crippen molar-refractivity contribution in [2.24, 2.45) is 0 Å². The number of ether oxygens (including phenoxy) is 1. The van der Waals surface area contributed by atoms with Gasteiger partial charge in [-0.1, -0.05) is 17.7 Å². The Bertz CT molecular complexity index is 765. The highest BCUT2D eigenvalue weighted by Crippen LogP contribution is 2.26. The van der Waals surface area contributed by atoms with Crippen molar-refractivity contribution in [1.29, 1.82) is 0 Å². The molecule has 0 atom stereocenters. The number of aliphatic hydroxyl groups is 1. The monoisotopic (exact) mass is 333 g/mol. The van der Waals surface area contributed by atoms with Crippen molar-refractivity contribution < 1.29 is 18.3 Å². The first-order valence-corrected chi connectivity index (χ1v) is 8.45. The number of nitrogens with zero attached hydrogens (tertiary/aromatic N) is 1. The molecule has 0 heterocycles. The highest BCUT2D eigenvalue weighted by atomic mass is 32.2.